The van der Waals surface area contributed by atoms with Gasteiger partial charge in [-0.15, -0.1) is 0 Å². The summed E-state index contributed by atoms with van der Waals surface area (Å²) in [5.41, 5.74) is 1.22. The molecule has 0 amide bonds. The Kier molecular flexibility index (Phi) is 7.40. The van der Waals surface area contributed by atoms with Gasteiger partial charge in [0, 0.05) is 51.4 Å². The lowest BCUT2D eigenvalue weighted by atomic mass is 10.2. The van der Waals surface area contributed by atoms with E-state index in [1.165, 1.54) is 5.69 Å². The fraction of sp³-hybridized carbons (Fsp3) is 0.611. The van der Waals surface area contributed by atoms with Crippen LogP contribution < -0.4 is 10.2 Å². The molecule has 0 bridgehead atoms. The highest BCUT2D eigenvalue weighted by Gasteiger charge is 2.25. The molecule has 1 aliphatic heterocycles. The number of nitrogens with zero attached hydrogens (tertiary/aromatic N) is 3. The van der Waals surface area contributed by atoms with Crippen molar-refractivity contribution in [2.45, 2.75) is 32.4 Å². The topological polar surface area (TPSA) is 30.9 Å². The predicted molar refractivity (Wildman–Crippen MR) is 96.1 cm³/mol. The standard InChI is InChI=1S/C18H27F3N4/c1-2-22-17(23-11-7-6-10-18(19,20)21)25-14-12-24(13-15-25)16-8-4-3-5-9-16/h3-5,8-9H,2,6-7,10-15H2,1H3,(H,22,23). The number of benzene rings is 1. The molecular weight excluding hydrogens is 329 g/mol. The van der Waals surface area contributed by atoms with Crippen molar-refractivity contribution in [3.63, 3.8) is 0 Å². The third-order valence-corrected chi connectivity index (χ3v) is 4.17. The molecule has 0 unspecified atom stereocenters. The molecule has 1 fully saturated rings. The lowest BCUT2D eigenvalue weighted by Crippen LogP contribution is -2.52. The summed E-state index contributed by atoms with van der Waals surface area (Å²) < 4.78 is 36.5. The maximum Gasteiger partial charge on any atom is 0.389 e. The van der Waals surface area contributed by atoms with Crippen LogP contribution in [0.5, 0.6) is 0 Å². The summed E-state index contributed by atoms with van der Waals surface area (Å²) >= 11 is 0. The number of para-hydroxylation sites is 1. The first-order valence-electron chi connectivity index (χ1n) is 8.89. The summed E-state index contributed by atoms with van der Waals surface area (Å²) in [6.07, 6.45) is -4.20. The Morgan fingerprint density at radius 2 is 1.76 bits per heavy atom. The molecule has 0 saturated carbocycles. The lowest BCUT2D eigenvalue weighted by Gasteiger charge is -2.37. The summed E-state index contributed by atoms with van der Waals surface area (Å²) in [5.74, 6) is 0.808. The predicted octanol–water partition coefficient (Wildman–Crippen LogP) is 3.51. The number of halogens is 3. The Labute approximate surface area is 147 Å². The number of hydrogen-bond donors (Lipinski definition) is 1. The Hall–Kier alpha value is -1.92. The molecule has 140 valence electrons. The first-order chi connectivity index (χ1) is 12.0. The quantitative estimate of drug-likeness (QED) is 0.481. The average molecular weight is 356 g/mol. The average Bonchev–Trinajstić information content (AvgIpc) is 2.60. The molecule has 25 heavy (non-hydrogen) atoms. The molecule has 7 heteroatoms. The van der Waals surface area contributed by atoms with Crippen LogP contribution >= 0.6 is 0 Å². The number of unbranched alkanes of at least 4 members (excludes halogenated alkanes) is 1. The van der Waals surface area contributed by atoms with Crippen LogP contribution in [0.4, 0.5) is 18.9 Å². The van der Waals surface area contributed by atoms with E-state index in [1.807, 2.05) is 25.1 Å². The number of piperazine rings is 1. The van der Waals surface area contributed by atoms with E-state index in [0.717, 1.165) is 38.7 Å². The minimum absolute atomic E-state index is 0.133. The van der Waals surface area contributed by atoms with Crippen molar-refractivity contribution >= 4 is 11.6 Å². The van der Waals surface area contributed by atoms with Gasteiger partial charge in [-0.25, -0.2) is 0 Å². The van der Waals surface area contributed by atoms with Gasteiger partial charge < -0.3 is 15.1 Å². The van der Waals surface area contributed by atoms with Crippen molar-refractivity contribution in [2.24, 2.45) is 4.99 Å². The molecule has 0 aromatic heterocycles. The van der Waals surface area contributed by atoms with E-state index < -0.39 is 12.6 Å². The second kappa shape index (κ2) is 9.53. The van der Waals surface area contributed by atoms with E-state index in [1.54, 1.807) is 0 Å². The first-order valence-corrected chi connectivity index (χ1v) is 8.89. The number of alkyl halides is 3. The first kappa shape index (κ1) is 19.4. The Morgan fingerprint density at radius 3 is 2.36 bits per heavy atom. The van der Waals surface area contributed by atoms with Crippen LogP contribution in [-0.4, -0.2) is 56.3 Å². The number of aliphatic imine (C=N–C) groups is 1. The van der Waals surface area contributed by atoms with Gasteiger partial charge in [0.05, 0.1) is 0 Å². The van der Waals surface area contributed by atoms with Crippen molar-refractivity contribution in [1.29, 1.82) is 0 Å². The maximum atomic E-state index is 12.2. The van der Waals surface area contributed by atoms with Crippen LogP contribution in [0, 0.1) is 0 Å². The number of hydrogen-bond acceptors (Lipinski definition) is 2. The van der Waals surface area contributed by atoms with Crippen LogP contribution in [0.25, 0.3) is 0 Å². The minimum atomic E-state index is -4.07. The zero-order valence-corrected chi connectivity index (χ0v) is 14.7. The Morgan fingerprint density at radius 1 is 1.08 bits per heavy atom. The van der Waals surface area contributed by atoms with Crippen LogP contribution in [0.15, 0.2) is 35.3 Å². The highest BCUT2D eigenvalue weighted by atomic mass is 19.4. The van der Waals surface area contributed by atoms with E-state index in [9.17, 15) is 13.2 Å². The summed E-state index contributed by atoms with van der Waals surface area (Å²) in [6.45, 7) is 6.69. The van der Waals surface area contributed by atoms with Gasteiger partial charge in [0.15, 0.2) is 5.96 Å². The molecule has 1 aliphatic rings. The number of anilines is 1. The van der Waals surface area contributed by atoms with Gasteiger partial charge in [0.1, 0.15) is 0 Å². The van der Waals surface area contributed by atoms with Gasteiger partial charge in [0.2, 0.25) is 0 Å². The van der Waals surface area contributed by atoms with Crippen LogP contribution in [0.2, 0.25) is 0 Å². The molecule has 4 nitrogen and oxygen atoms in total. The van der Waals surface area contributed by atoms with E-state index >= 15 is 0 Å². The van der Waals surface area contributed by atoms with Crippen LogP contribution in [0.3, 0.4) is 0 Å². The zero-order valence-electron chi connectivity index (χ0n) is 14.7. The molecule has 0 aliphatic carbocycles. The third kappa shape index (κ3) is 6.84. The summed E-state index contributed by atoms with van der Waals surface area (Å²) in [7, 11) is 0. The monoisotopic (exact) mass is 356 g/mol. The van der Waals surface area contributed by atoms with Crippen molar-refractivity contribution in [1.82, 2.24) is 10.2 Å². The number of guanidine groups is 1. The maximum absolute atomic E-state index is 12.2. The molecule has 0 radical (unpaired) electrons. The molecule has 1 N–H and O–H groups in total. The number of nitrogens with one attached hydrogen (secondary N) is 1. The molecular formula is C18H27F3N4. The van der Waals surface area contributed by atoms with Crippen LogP contribution in [0.1, 0.15) is 26.2 Å². The SMILES string of the molecule is CCNC(=NCCCCC(F)(F)F)N1CCN(c2ccccc2)CC1. The number of rotatable bonds is 6. The van der Waals surface area contributed by atoms with Gasteiger partial charge >= 0.3 is 6.18 Å². The van der Waals surface area contributed by atoms with Gasteiger partial charge in [-0.05, 0) is 31.9 Å². The lowest BCUT2D eigenvalue weighted by molar-refractivity contribution is -0.135. The largest absolute Gasteiger partial charge is 0.389 e. The van der Waals surface area contributed by atoms with E-state index in [-0.39, 0.29) is 6.42 Å². The van der Waals surface area contributed by atoms with Gasteiger partial charge in [-0.2, -0.15) is 13.2 Å². The molecule has 1 saturated heterocycles. The van der Waals surface area contributed by atoms with Gasteiger partial charge in [0.25, 0.3) is 0 Å². The third-order valence-electron chi connectivity index (χ3n) is 4.17. The molecule has 1 aromatic carbocycles. The fourth-order valence-electron chi connectivity index (χ4n) is 2.86. The van der Waals surface area contributed by atoms with E-state index in [0.29, 0.717) is 13.0 Å². The summed E-state index contributed by atoms with van der Waals surface area (Å²) in [5, 5.41) is 3.25. The van der Waals surface area contributed by atoms with Crippen molar-refractivity contribution < 1.29 is 13.2 Å². The van der Waals surface area contributed by atoms with Gasteiger partial charge in [-0.1, -0.05) is 18.2 Å². The van der Waals surface area contributed by atoms with Crippen molar-refractivity contribution in [3.8, 4) is 0 Å². The minimum Gasteiger partial charge on any atom is -0.368 e. The van der Waals surface area contributed by atoms with Crippen molar-refractivity contribution in [3.05, 3.63) is 30.3 Å². The smallest absolute Gasteiger partial charge is 0.368 e. The summed E-state index contributed by atoms with van der Waals surface area (Å²) in [6, 6.07) is 10.3. The fourth-order valence-corrected chi connectivity index (χ4v) is 2.86. The molecule has 0 spiro atoms. The highest BCUT2D eigenvalue weighted by Crippen LogP contribution is 2.22. The normalized spacial score (nSPS) is 16.2. The second-order valence-corrected chi connectivity index (χ2v) is 6.12. The Balaban J connectivity index is 1.81. The second-order valence-electron chi connectivity index (χ2n) is 6.12. The zero-order chi connectivity index (χ0) is 18.1. The molecule has 1 aromatic rings. The molecule has 0 atom stereocenters. The summed E-state index contributed by atoms with van der Waals surface area (Å²) in [4.78, 5) is 9.02. The Bertz CT molecular complexity index is 523. The molecule has 2 rings (SSSR count). The van der Waals surface area contributed by atoms with Crippen LogP contribution in [-0.2, 0) is 0 Å². The highest BCUT2D eigenvalue weighted by molar-refractivity contribution is 5.80. The van der Waals surface area contributed by atoms with Crippen molar-refractivity contribution in [2.75, 3.05) is 44.2 Å². The van der Waals surface area contributed by atoms with Gasteiger partial charge in [-0.3, -0.25) is 4.99 Å². The van der Waals surface area contributed by atoms with E-state index in [2.05, 4.69) is 32.2 Å². The van der Waals surface area contributed by atoms with E-state index in [4.69, 9.17) is 0 Å². The molecule has 1 heterocycles.